The lowest BCUT2D eigenvalue weighted by Crippen LogP contribution is -2.48. The molecule has 0 aliphatic carbocycles. The van der Waals surface area contributed by atoms with Crippen molar-refractivity contribution in [3.05, 3.63) is 29.3 Å². The number of likely N-dealkylation sites (N-methyl/N-ethyl adjacent to an activating group) is 1. The molecule has 1 unspecified atom stereocenters. The number of rotatable bonds is 3. The van der Waals surface area contributed by atoms with E-state index in [-0.39, 0.29) is 24.4 Å². The van der Waals surface area contributed by atoms with E-state index in [1.54, 1.807) is 0 Å². The summed E-state index contributed by atoms with van der Waals surface area (Å²) in [5.41, 5.74) is -1.11. The Balaban J connectivity index is 2.25. The van der Waals surface area contributed by atoms with Gasteiger partial charge in [-0.1, -0.05) is 0 Å². The predicted molar refractivity (Wildman–Crippen MR) is 67.7 cm³/mol. The second-order valence-corrected chi connectivity index (χ2v) is 4.62. The fourth-order valence-electron chi connectivity index (χ4n) is 2.06. The number of carboxylic acids is 1. The first-order valence-corrected chi connectivity index (χ1v) is 6.11. The van der Waals surface area contributed by atoms with Crippen LogP contribution in [0.25, 0.3) is 0 Å². The number of halogens is 2. The fourth-order valence-corrected chi connectivity index (χ4v) is 2.06. The minimum atomic E-state index is -1.59. The largest absolute Gasteiger partial charge is 0.478 e. The van der Waals surface area contributed by atoms with Gasteiger partial charge < -0.3 is 10.4 Å². The third-order valence-electron chi connectivity index (χ3n) is 3.29. The van der Waals surface area contributed by atoms with Crippen molar-refractivity contribution in [3.8, 4) is 0 Å². The SMILES string of the molecule is CN1C(=O)CCC(Nc2ccc(C(=O)O)c(F)c2F)C1=O. The molecule has 2 rings (SSSR count). The molecule has 1 aliphatic heterocycles. The number of hydrogen-bond acceptors (Lipinski definition) is 4. The highest BCUT2D eigenvalue weighted by Crippen LogP contribution is 2.23. The van der Waals surface area contributed by atoms with Crippen LogP contribution >= 0.6 is 0 Å². The highest BCUT2D eigenvalue weighted by atomic mass is 19.2. The van der Waals surface area contributed by atoms with Crippen LogP contribution in [0.3, 0.4) is 0 Å². The average Bonchev–Trinajstić information content (AvgIpc) is 2.44. The molecule has 1 aromatic rings. The molecule has 2 amide bonds. The lowest BCUT2D eigenvalue weighted by atomic mass is 10.0. The lowest BCUT2D eigenvalue weighted by molar-refractivity contribution is -0.146. The van der Waals surface area contributed by atoms with Crippen molar-refractivity contribution in [2.75, 3.05) is 12.4 Å². The number of piperidine rings is 1. The highest BCUT2D eigenvalue weighted by molar-refractivity contribution is 6.01. The van der Waals surface area contributed by atoms with Crippen molar-refractivity contribution in [2.45, 2.75) is 18.9 Å². The Bertz CT molecular complexity index is 633. The Morgan fingerprint density at radius 1 is 1.33 bits per heavy atom. The molecular weight excluding hydrogens is 286 g/mol. The molecule has 6 nitrogen and oxygen atoms in total. The van der Waals surface area contributed by atoms with E-state index in [1.165, 1.54) is 7.05 Å². The van der Waals surface area contributed by atoms with Crippen LogP contribution in [0.1, 0.15) is 23.2 Å². The molecule has 1 aliphatic rings. The summed E-state index contributed by atoms with van der Waals surface area (Å²) in [4.78, 5) is 34.8. The van der Waals surface area contributed by atoms with Gasteiger partial charge in [-0.2, -0.15) is 0 Å². The summed E-state index contributed by atoms with van der Waals surface area (Å²) in [5, 5.41) is 11.2. The van der Waals surface area contributed by atoms with Crippen molar-refractivity contribution in [3.63, 3.8) is 0 Å². The summed E-state index contributed by atoms with van der Waals surface area (Å²) in [6.07, 6.45) is 0.265. The Labute approximate surface area is 118 Å². The Morgan fingerprint density at radius 3 is 2.62 bits per heavy atom. The van der Waals surface area contributed by atoms with Gasteiger partial charge in [-0.15, -0.1) is 0 Å². The minimum absolute atomic E-state index is 0.108. The van der Waals surface area contributed by atoms with Gasteiger partial charge in [0, 0.05) is 13.5 Å². The number of nitrogens with zero attached hydrogens (tertiary/aromatic N) is 1. The van der Waals surface area contributed by atoms with Gasteiger partial charge in [0.25, 0.3) is 5.91 Å². The number of carbonyl (C=O) groups excluding carboxylic acids is 2. The number of benzene rings is 1. The quantitative estimate of drug-likeness (QED) is 0.819. The normalized spacial score (nSPS) is 18.8. The molecule has 1 aromatic carbocycles. The molecule has 0 bridgehead atoms. The zero-order chi connectivity index (χ0) is 15.7. The van der Waals surface area contributed by atoms with Gasteiger partial charge in [0.2, 0.25) is 5.91 Å². The Kier molecular flexibility index (Phi) is 3.88. The number of imide groups is 1. The monoisotopic (exact) mass is 298 g/mol. The van der Waals surface area contributed by atoms with Crippen molar-refractivity contribution in [1.82, 2.24) is 4.90 Å². The van der Waals surface area contributed by atoms with Crippen molar-refractivity contribution < 1.29 is 28.3 Å². The van der Waals surface area contributed by atoms with E-state index < -0.39 is 35.1 Å². The number of nitrogens with one attached hydrogen (secondary N) is 1. The first-order chi connectivity index (χ1) is 9.82. The van der Waals surface area contributed by atoms with Crippen LogP contribution in [0.4, 0.5) is 14.5 Å². The van der Waals surface area contributed by atoms with Crippen LogP contribution in [0, 0.1) is 11.6 Å². The van der Waals surface area contributed by atoms with Crippen LogP contribution in [0.5, 0.6) is 0 Å². The van der Waals surface area contributed by atoms with Crippen LogP contribution in [0.2, 0.25) is 0 Å². The van der Waals surface area contributed by atoms with E-state index in [0.29, 0.717) is 0 Å². The molecule has 0 radical (unpaired) electrons. The first-order valence-electron chi connectivity index (χ1n) is 6.11. The smallest absolute Gasteiger partial charge is 0.338 e. The first kappa shape index (κ1) is 14.9. The topological polar surface area (TPSA) is 86.7 Å². The molecule has 0 spiro atoms. The van der Waals surface area contributed by atoms with E-state index >= 15 is 0 Å². The summed E-state index contributed by atoms with van der Waals surface area (Å²) in [5.74, 6) is -5.35. The van der Waals surface area contributed by atoms with Gasteiger partial charge in [0.05, 0.1) is 11.3 Å². The lowest BCUT2D eigenvalue weighted by Gasteiger charge is -2.29. The minimum Gasteiger partial charge on any atom is -0.478 e. The number of likely N-dealkylation sites (tertiary alicyclic amines) is 1. The number of carboxylic acid groups (broad SMARTS) is 1. The maximum atomic E-state index is 13.8. The van der Waals surface area contributed by atoms with Crippen molar-refractivity contribution in [2.24, 2.45) is 0 Å². The van der Waals surface area contributed by atoms with E-state index in [2.05, 4.69) is 5.32 Å². The number of carbonyl (C=O) groups is 3. The molecule has 1 saturated heterocycles. The maximum Gasteiger partial charge on any atom is 0.338 e. The zero-order valence-electron chi connectivity index (χ0n) is 11.0. The Hall–Kier alpha value is -2.51. The van der Waals surface area contributed by atoms with Gasteiger partial charge in [-0.05, 0) is 18.6 Å². The fraction of sp³-hybridized carbons (Fsp3) is 0.308. The highest BCUT2D eigenvalue weighted by Gasteiger charge is 2.32. The summed E-state index contributed by atoms with van der Waals surface area (Å²) in [6, 6.07) is 1.09. The van der Waals surface area contributed by atoms with Gasteiger partial charge >= 0.3 is 5.97 Å². The third kappa shape index (κ3) is 2.69. The molecule has 0 aromatic heterocycles. The van der Waals surface area contributed by atoms with Crippen LogP contribution in [-0.2, 0) is 9.59 Å². The van der Waals surface area contributed by atoms with E-state index in [4.69, 9.17) is 5.11 Å². The number of anilines is 1. The van der Waals surface area contributed by atoms with E-state index in [9.17, 15) is 23.2 Å². The molecule has 112 valence electrons. The van der Waals surface area contributed by atoms with Gasteiger partial charge in [0.15, 0.2) is 11.6 Å². The summed E-state index contributed by atoms with van der Waals surface area (Å²) >= 11 is 0. The molecule has 8 heteroatoms. The standard InChI is InChI=1S/C13H12F2N2O4/c1-17-9(18)5-4-8(12(17)19)16-7-3-2-6(13(20)21)10(14)11(7)15/h2-3,8,16H,4-5H2,1H3,(H,20,21). The number of hydrogen-bond donors (Lipinski definition) is 2. The Morgan fingerprint density at radius 2 is 2.00 bits per heavy atom. The maximum absolute atomic E-state index is 13.8. The molecule has 21 heavy (non-hydrogen) atoms. The van der Waals surface area contributed by atoms with Crippen molar-refractivity contribution in [1.29, 1.82) is 0 Å². The molecule has 2 N–H and O–H groups in total. The van der Waals surface area contributed by atoms with E-state index in [1.807, 2.05) is 0 Å². The predicted octanol–water partition coefficient (Wildman–Crippen LogP) is 1.22. The van der Waals surface area contributed by atoms with Crippen LogP contribution < -0.4 is 5.32 Å². The van der Waals surface area contributed by atoms with E-state index in [0.717, 1.165) is 17.0 Å². The van der Waals surface area contributed by atoms with Crippen LogP contribution in [0.15, 0.2) is 12.1 Å². The number of amides is 2. The second-order valence-electron chi connectivity index (χ2n) is 4.62. The summed E-state index contributed by atoms with van der Waals surface area (Å²) < 4.78 is 27.3. The summed E-state index contributed by atoms with van der Waals surface area (Å²) in [7, 11) is 1.31. The summed E-state index contributed by atoms with van der Waals surface area (Å²) in [6.45, 7) is 0. The molecule has 1 fully saturated rings. The molecule has 1 heterocycles. The third-order valence-corrected chi connectivity index (χ3v) is 3.29. The molecular formula is C13H12F2N2O4. The van der Waals surface area contributed by atoms with Crippen molar-refractivity contribution >= 4 is 23.5 Å². The van der Waals surface area contributed by atoms with Crippen LogP contribution in [-0.4, -0.2) is 40.9 Å². The van der Waals surface area contributed by atoms with Gasteiger partial charge in [-0.3, -0.25) is 14.5 Å². The number of aromatic carboxylic acids is 1. The second kappa shape index (κ2) is 5.47. The molecule has 0 saturated carbocycles. The molecule has 1 atom stereocenters. The zero-order valence-corrected chi connectivity index (χ0v) is 11.0. The average molecular weight is 298 g/mol. The van der Waals surface area contributed by atoms with Gasteiger partial charge in [0.1, 0.15) is 6.04 Å². The van der Waals surface area contributed by atoms with Gasteiger partial charge in [-0.25, -0.2) is 13.6 Å².